The van der Waals surface area contributed by atoms with Crippen LogP contribution in [0.1, 0.15) is 40.2 Å². The molecule has 0 atom stereocenters. The molecule has 0 fully saturated rings. The fraction of sp³-hybridized carbons (Fsp3) is 0.312. The van der Waals surface area contributed by atoms with E-state index in [1.807, 2.05) is 23.6 Å². The molecule has 3 heteroatoms. The van der Waals surface area contributed by atoms with E-state index in [0.29, 0.717) is 12.0 Å². The third-order valence-corrected chi connectivity index (χ3v) is 3.88. The zero-order valence-corrected chi connectivity index (χ0v) is 11.2. The van der Waals surface area contributed by atoms with Crippen molar-refractivity contribution in [2.45, 2.75) is 33.1 Å². The maximum Gasteiger partial charge on any atom is 0.164 e. The summed E-state index contributed by atoms with van der Waals surface area (Å²) in [6.45, 7) is 3.75. The standard InChI is InChI=1S/C16H16FNO/c1-10-9-12-15(7-4-8-16(12)19)18(10)14-6-3-5-13(17)11(14)2/h3,5-6,9H,4,7-8H2,1-2H3. The highest BCUT2D eigenvalue weighted by Crippen LogP contribution is 2.29. The SMILES string of the molecule is Cc1c(F)cccc1-n1c(C)cc2c1CCCC2=O. The van der Waals surface area contributed by atoms with Crippen LogP contribution in [0.2, 0.25) is 0 Å². The van der Waals surface area contributed by atoms with Crippen LogP contribution >= 0.6 is 0 Å². The minimum absolute atomic E-state index is 0.206. The van der Waals surface area contributed by atoms with Gasteiger partial charge < -0.3 is 4.57 Å². The molecule has 0 spiro atoms. The molecule has 1 aromatic heterocycles. The van der Waals surface area contributed by atoms with Crippen LogP contribution in [0.25, 0.3) is 5.69 Å². The largest absolute Gasteiger partial charge is 0.317 e. The van der Waals surface area contributed by atoms with E-state index in [9.17, 15) is 9.18 Å². The van der Waals surface area contributed by atoms with Crippen LogP contribution in [0.15, 0.2) is 24.3 Å². The third-order valence-electron chi connectivity index (χ3n) is 3.88. The van der Waals surface area contributed by atoms with Gasteiger partial charge in [-0.25, -0.2) is 4.39 Å². The summed E-state index contributed by atoms with van der Waals surface area (Å²) in [6, 6.07) is 7.02. The zero-order chi connectivity index (χ0) is 13.6. The van der Waals surface area contributed by atoms with Crippen molar-refractivity contribution < 1.29 is 9.18 Å². The topological polar surface area (TPSA) is 22.0 Å². The molecule has 0 unspecified atom stereocenters. The number of aryl methyl sites for hydroxylation is 1. The van der Waals surface area contributed by atoms with Gasteiger partial charge in [-0.2, -0.15) is 0 Å². The Morgan fingerprint density at radius 1 is 1.21 bits per heavy atom. The number of ketones is 1. The predicted octanol–water partition coefficient (Wildman–Crippen LogP) is 3.75. The molecule has 1 aromatic carbocycles. The van der Waals surface area contributed by atoms with Gasteiger partial charge >= 0.3 is 0 Å². The average Bonchev–Trinajstić information content (AvgIpc) is 2.71. The average molecular weight is 257 g/mol. The summed E-state index contributed by atoms with van der Waals surface area (Å²) in [5, 5.41) is 0. The highest BCUT2D eigenvalue weighted by molar-refractivity contribution is 5.98. The Morgan fingerprint density at radius 2 is 2.00 bits per heavy atom. The van der Waals surface area contributed by atoms with Gasteiger partial charge in [-0.15, -0.1) is 0 Å². The molecule has 98 valence electrons. The first-order valence-electron chi connectivity index (χ1n) is 6.59. The van der Waals surface area contributed by atoms with Crippen molar-refractivity contribution in [3.63, 3.8) is 0 Å². The van der Waals surface area contributed by atoms with Crippen LogP contribution < -0.4 is 0 Å². The van der Waals surface area contributed by atoms with E-state index < -0.39 is 0 Å². The van der Waals surface area contributed by atoms with Crippen LogP contribution in [-0.2, 0) is 6.42 Å². The van der Waals surface area contributed by atoms with Crippen LogP contribution in [0.5, 0.6) is 0 Å². The van der Waals surface area contributed by atoms with Gasteiger partial charge in [-0.05, 0) is 44.9 Å². The highest BCUT2D eigenvalue weighted by atomic mass is 19.1. The number of rotatable bonds is 1. The first kappa shape index (κ1) is 12.2. The summed E-state index contributed by atoms with van der Waals surface area (Å²) >= 11 is 0. The molecule has 1 heterocycles. The fourth-order valence-electron chi connectivity index (χ4n) is 2.90. The Balaban J connectivity index is 2.26. The number of halogens is 1. The van der Waals surface area contributed by atoms with Gasteiger partial charge in [0.1, 0.15) is 5.82 Å². The Hall–Kier alpha value is -1.90. The summed E-state index contributed by atoms with van der Waals surface area (Å²) < 4.78 is 15.8. The van der Waals surface area contributed by atoms with Crippen molar-refractivity contribution in [3.8, 4) is 5.69 Å². The molecule has 2 aromatic rings. The van der Waals surface area contributed by atoms with Gasteiger partial charge in [0.15, 0.2) is 5.78 Å². The number of aromatic nitrogens is 1. The second-order valence-corrected chi connectivity index (χ2v) is 5.14. The molecular weight excluding hydrogens is 241 g/mol. The Morgan fingerprint density at radius 3 is 2.79 bits per heavy atom. The fourth-order valence-corrected chi connectivity index (χ4v) is 2.90. The summed E-state index contributed by atoms with van der Waals surface area (Å²) in [4.78, 5) is 11.9. The van der Waals surface area contributed by atoms with E-state index in [0.717, 1.165) is 35.5 Å². The van der Waals surface area contributed by atoms with Gasteiger partial charge in [-0.3, -0.25) is 4.79 Å². The number of Topliss-reactive ketones (excluding diaryl/α,β-unsaturated/α-hetero) is 1. The number of hydrogen-bond acceptors (Lipinski definition) is 1. The number of fused-ring (bicyclic) bond motifs is 1. The lowest BCUT2D eigenvalue weighted by Crippen LogP contribution is -2.13. The summed E-state index contributed by atoms with van der Waals surface area (Å²) in [6.07, 6.45) is 2.38. The van der Waals surface area contributed by atoms with E-state index in [1.165, 1.54) is 6.07 Å². The van der Waals surface area contributed by atoms with Gasteiger partial charge in [-0.1, -0.05) is 6.07 Å². The van der Waals surface area contributed by atoms with Crippen LogP contribution in [0.3, 0.4) is 0 Å². The lowest BCUT2D eigenvalue weighted by atomic mass is 9.96. The first-order chi connectivity index (χ1) is 9.09. The minimum Gasteiger partial charge on any atom is -0.317 e. The predicted molar refractivity (Wildman–Crippen MR) is 72.5 cm³/mol. The van der Waals surface area contributed by atoms with Crippen LogP contribution in [0, 0.1) is 19.7 Å². The number of nitrogens with zero attached hydrogens (tertiary/aromatic N) is 1. The maximum absolute atomic E-state index is 13.7. The first-order valence-corrected chi connectivity index (χ1v) is 6.59. The maximum atomic E-state index is 13.7. The number of carbonyl (C=O) groups excluding carboxylic acids is 1. The summed E-state index contributed by atoms with van der Waals surface area (Å²) in [7, 11) is 0. The molecule has 2 nitrogen and oxygen atoms in total. The Bertz CT molecular complexity index is 670. The monoisotopic (exact) mass is 257 g/mol. The normalized spacial score (nSPS) is 14.6. The molecule has 19 heavy (non-hydrogen) atoms. The molecule has 0 aliphatic heterocycles. The van der Waals surface area contributed by atoms with Crippen molar-refractivity contribution in [1.29, 1.82) is 0 Å². The highest BCUT2D eigenvalue weighted by Gasteiger charge is 2.24. The molecule has 1 aliphatic carbocycles. The lowest BCUT2D eigenvalue weighted by Gasteiger charge is -2.17. The molecular formula is C16H16FNO. The minimum atomic E-state index is -0.207. The second-order valence-electron chi connectivity index (χ2n) is 5.14. The number of benzene rings is 1. The molecule has 3 rings (SSSR count). The Labute approximate surface area is 111 Å². The molecule has 0 amide bonds. The van der Waals surface area contributed by atoms with Crippen molar-refractivity contribution in [2.75, 3.05) is 0 Å². The molecule has 0 saturated carbocycles. The van der Waals surface area contributed by atoms with Crippen LogP contribution in [0.4, 0.5) is 4.39 Å². The third kappa shape index (κ3) is 1.81. The molecule has 0 N–H and O–H groups in total. The number of carbonyl (C=O) groups is 1. The summed E-state index contributed by atoms with van der Waals surface area (Å²) in [5.74, 6) is -0.00126. The van der Waals surface area contributed by atoms with Crippen LogP contribution in [-0.4, -0.2) is 10.4 Å². The summed E-state index contributed by atoms with van der Waals surface area (Å²) in [5.41, 5.74) is 4.30. The quantitative estimate of drug-likeness (QED) is 0.762. The van der Waals surface area contributed by atoms with Gasteiger partial charge in [0.25, 0.3) is 0 Å². The zero-order valence-electron chi connectivity index (χ0n) is 11.2. The van der Waals surface area contributed by atoms with E-state index in [4.69, 9.17) is 0 Å². The molecule has 0 bridgehead atoms. The van der Waals surface area contributed by atoms with Gasteiger partial charge in [0, 0.05) is 28.9 Å². The molecule has 0 radical (unpaired) electrons. The molecule has 0 saturated heterocycles. The molecule has 1 aliphatic rings. The lowest BCUT2D eigenvalue weighted by molar-refractivity contribution is 0.0972. The van der Waals surface area contributed by atoms with E-state index in [1.54, 1.807) is 13.0 Å². The smallest absolute Gasteiger partial charge is 0.164 e. The van der Waals surface area contributed by atoms with Gasteiger partial charge in [0.05, 0.1) is 5.69 Å². The van der Waals surface area contributed by atoms with Crippen molar-refractivity contribution in [3.05, 3.63) is 52.6 Å². The van der Waals surface area contributed by atoms with Crippen molar-refractivity contribution in [2.24, 2.45) is 0 Å². The van der Waals surface area contributed by atoms with E-state index >= 15 is 0 Å². The van der Waals surface area contributed by atoms with E-state index in [-0.39, 0.29) is 11.6 Å². The Kier molecular flexibility index (Phi) is 2.77. The van der Waals surface area contributed by atoms with E-state index in [2.05, 4.69) is 0 Å². The number of hydrogen-bond donors (Lipinski definition) is 0. The second kappa shape index (κ2) is 4.34. The van der Waals surface area contributed by atoms with Crippen molar-refractivity contribution >= 4 is 5.78 Å². The van der Waals surface area contributed by atoms with Crippen molar-refractivity contribution in [1.82, 2.24) is 4.57 Å². The van der Waals surface area contributed by atoms with Gasteiger partial charge in [0.2, 0.25) is 0 Å².